The molecular formula is C23H30N4O4. The van der Waals surface area contributed by atoms with Gasteiger partial charge in [0.15, 0.2) is 0 Å². The van der Waals surface area contributed by atoms with E-state index in [1.54, 1.807) is 12.1 Å². The number of amides is 4. The van der Waals surface area contributed by atoms with Gasteiger partial charge in [-0.05, 0) is 67.9 Å². The van der Waals surface area contributed by atoms with E-state index in [0.717, 1.165) is 36.4 Å². The summed E-state index contributed by atoms with van der Waals surface area (Å²) >= 11 is 0. The van der Waals surface area contributed by atoms with Crippen LogP contribution < -0.4 is 11.1 Å². The second-order valence-corrected chi connectivity index (χ2v) is 9.57. The summed E-state index contributed by atoms with van der Waals surface area (Å²) in [5.41, 5.74) is 7.71. The van der Waals surface area contributed by atoms with E-state index in [-0.39, 0.29) is 24.2 Å². The Hall–Kier alpha value is -2.58. The number of nitrogens with two attached hydrogens (primary N) is 1. The molecule has 166 valence electrons. The third-order valence-electron chi connectivity index (χ3n) is 7.13. The van der Waals surface area contributed by atoms with Gasteiger partial charge in [0.1, 0.15) is 6.04 Å². The molecule has 0 bridgehead atoms. The quantitative estimate of drug-likeness (QED) is 0.686. The second-order valence-electron chi connectivity index (χ2n) is 9.57. The largest absolute Gasteiger partial charge is 0.330 e. The standard InChI is InChI=1S/C23H30N4O4/c1-23(2,13-24)15-7-9-26(10-8-15)12-14-3-4-16-17(11-14)22(31)27(21(16)30)18-5-6-19(28)25-20(18)29/h3-4,11,15,18H,5-10,12-13,24H2,1-2H3,(H,25,28,29). The minimum Gasteiger partial charge on any atom is -0.330 e. The molecule has 8 heteroatoms. The molecule has 3 aliphatic rings. The Labute approximate surface area is 182 Å². The lowest BCUT2D eigenvalue weighted by Gasteiger charge is -2.40. The van der Waals surface area contributed by atoms with Crippen molar-refractivity contribution in [3.63, 3.8) is 0 Å². The SMILES string of the molecule is CC(C)(CN)C1CCN(Cc2ccc3c(c2)C(=O)N(C2CCC(=O)NC2=O)C3=O)CC1. The maximum atomic E-state index is 13.0. The van der Waals surface area contributed by atoms with Gasteiger partial charge in [0.25, 0.3) is 11.8 Å². The van der Waals surface area contributed by atoms with E-state index < -0.39 is 23.8 Å². The number of hydrogen-bond acceptors (Lipinski definition) is 6. The van der Waals surface area contributed by atoms with Crippen LogP contribution in [-0.2, 0) is 16.1 Å². The first kappa shape index (κ1) is 21.6. The fraction of sp³-hybridized carbons (Fsp3) is 0.565. The second kappa shape index (κ2) is 8.16. The molecule has 1 aromatic carbocycles. The molecule has 1 unspecified atom stereocenters. The fourth-order valence-electron chi connectivity index (χ4n) is 4.91. The van der Waals surface area contributed by atoms with Gasteiger partial charge in [-0.25, -0.2) is 0 Å². The summed E-state index contributed by atoms with van der Waals surface area (Å²) in [5.74, 6) is -1.28. The van der Waals surface area contributed by atoms with Crippen LogP contribution >= 0.6 is 0 Å². The van der Waals surface area contributed by atoms with E-state index in [0.29, 0.717) is 30.1 Å². The Morgan fingerprint density at radius 2 is 1.71 bits per heavy atom. The maximum Gasteiger partial charge on any atom is 0.262 e. The molecular weight excluding hydrogens is 396 g/mol. The number of rotatable bonds is 5. The minimum atomic E-state index is -0.932. The number of carbonyl (C=O) groups is 4. The van der Waals surface area contributed by atoms with Gasteiger partial charge in [-0.1, -0.05) is 19.9 Å². The Morgan fingerprint density at radius 3 is 2.35 bits per heavy atom. The number of nitrogens with zero attached hydrogens (tertiary/aromatic N) is 2. The van der Waals surface area contributed by atoms with Gasteiger partial charge in [-0.3, -0.25) is 34.3 Å². The average Bonchev–Trinajstić information content (AvgIpc) is 2.99. The van der Waals surface area contributed by atoms with Crippen LogP contribution in [0.2, 0.25) is 0 Å². The third-order valence-corrected chi connectivity index (χ3v) is 7.13. The van der Waals surface area contributed by atoms with Crippen molar-refractivity contribution < 1.29 is 19.2 Å². The van der Waals surface area contributed by atoms with E-state index in [4.69, 9.17) is 5.73 Å². The van der Waals surface area contributed by atoms with Gasteiger partial charge >= 0.3 is 0 Å². The van der Waals surface area contributed by atoms with Crippen LogP contribution in [0.3, 0.4) is 0 Å². The van der Waals surface area contributed by atoms with Crippen LogP contribution in [0.5, 0.6) is 0 Å². The monoisotopic (exact) mass is 426 g/mol. The summed E-state index contributed by atoms with van der Waals surface area (Å²) in [6.45, 7) is 7.79. The first-order valence-electron chi connectivity index (χ1n) is 11.0. The van der Waals surface area contributed by atoms with Gasteiger partial charge in [-0.2, -0.15) is 0 Å². The van der Waals surface area contributed by atoms with Crippen molar-refractivity contribution in [2.75, 3.05) is 19.6 Å². The lowest BCUT2D eigenvalue weighted by atomic mass is 9.74. The number of hydrogen-bond donors (Lipinski definition) is 2. The Bertz CT molecular complexity index is 934. The third kappa shape index (κ3) is 4.02. The molecule has 0 saturated carbocycles. The van der Waals surface area contributed by atoms with Crippen molar-refractivity contribution in [1.82, 2.24) is 15.1 Å². The fourth-order valence-corrected chi connectivity index (χ4v) is 4.91. The molecule has 4 amide bonds. The zero-order valence-corrected chi connectivity index (χ0v) is 18.1. The zero-order chi connectivity index (χ0) is 22.3. The zero-order valence-electron chi connectivity index (χ0n) is 18.1. The number of likely N-dealkylation sites (tertiary alicyclic amines) is 1. The average molecular weight is 427 g/mol. The van der Waals surface area contributed by atoms with Crippen molar-refractivity contribution in [3.8, 4) is 0 Å². The van der Waals surface area contributed by atoms with Gasteiger partial charge in [-0.15, -0.1) is 0 Å². The molecule has 3 heterocycles. The molecule has 2 fully saturated rings. The first-order valence-corrected chi connectivity index (χ1v) is 11.0. The lowest BCUT2D eigenvalue weighted by molar-refractivity contribution is -0.136. The minimum absolute atomic E-state index is 0.117. The molecule has 2 saturated heterocycles. The molecule has 4 rings (SSSR count). The highest BCUT2D eigenvalue weighted by atomic mass is 16.2. The van der Waals surface area contributed by atoms with E-state index in [1.165, 1.54) is 0 Å². The summed E-state index contributed by atoms with van der Waals surface area (Å²) < 4.78 is 0. The predicted octanol–water partition coefficient (Wildman–Crippen LogP) is 1.28. The van der Waals surface area contributed by atoms with E-state index in [2.05, 4.69) is 24.1 Å². The van der Waals surface area contributed by atoms with Crippen LogP contribution in [-0.4, -0.2) is 59.1 Å². The molecule has 3 N–H and O–H groups in total. The van der Waals surface area contributed by atoms with Crippen LogP contribution in [0.25, 0.3) is 0 Å². The summed E-state index contributed by atoms with van der Waals surface area (Å²) in [4.78, 5) is 52.8. The van der Waals surface area contributed by atoms with E-state index in [1.807, 2.05) is 6.07 Å². The number of nitrogens with one attached hydrogen (secondary N) is 1. The van der Waals surface area contributed by atoms with Crippen molar-refractivity contribution in [2.45, 2.75) is 52.1 Å². The number of benzene rings is 1. The Kier molecular flexibility index (Phi) is 5.70. The molecule has 31 heavy (non-hydrogen) atoms. The Balaban J connectivity index is 1.44. The number of imide groups is 2. The first-order chi connectivity index (χ1) is 14.7. The maximum absolute atomic E-state index is 13.0. The summed E-state index contributed by atoms with van der Waals surface area (Å²) in [6.07, 6.45) is 2.47. The van der Waals surface area contributed by atoms with Gasteiger partial charge in [0, 0.05) is 13.0 Å². The van der Waals surface area contributed by atoms with Crippen molar-refractivity contribution in [3.05, 3.63) is 34.9 Å². The highest BCUT2D eigenvalue weighted by Crippen LogP contribution is 2.35. The highest BCUT2D eigenvalue weighted by Gasteiger charge is 2.44. The molecule has 1 aromatic rings. The number of carbonyl (C=O) groups excluding carboxylic acids is 4. The molecule has 3 aliphatic heterocycles. The van der Waals surface area contributed by atoms with Gasteiger partial charge in [0.2, 0.25) is 11.8 Å². The molecule has 0 radical (unpaired) electrons. The normalized spacial score (nSPS) is 23.3. The Morgan fingerprint density at radius 1 is 1.03 bits per heavy atom. The van der Waals surface area contributed by atoms with E-state index in [9.17, 15) is 19.2 Å². The summed E-state index contributed by atoms with van der Waals surface area (Å²) in [6, 6.07) is 4.41. The van der Waals surface area contributed by atoms with E-state index >= 15 is 0 Å². The number of piperidine rings is 2. The molecule has 0 aromatic heterocycles. The molecule has 0 spiro atoms. The van der Waals surface area contributed by atoms with Crippen molar-refractivity contribution in [1.29, 1.82) is 0 Å². The summed E-state index contributed by atoms with van der Waals surface area (Å²) in [7, 11) is 0. The van der Waals surface area contributed by atoms with Crippen LogP contribution in [0, 0.1) is 11.3 Å². The molecule has 1 atom stereocenters. The highest BCUT2D eigenvalue weighted by molar-refractivity contribution is 6.23. The molecule has 8 nitrogen and oxygen atoms in total. The molecule has 0 aliphatic carbocycles. The number of fused-ring (bicyclic) bond motifs is 1. The van der Waals surface area contributed by atoms with Crippen molar-refractivity contribution >= 4 is 23.6 Å². The van der Waals surface area contributed by atoms with Gasteiger partial charge < -0.3 is 5.73 Å². The summed E-state index contributed by atoms with van der Waals surface area (Å²) in [5, 5.41) is 2.22. The topological polar surface area (TPSA) is 113 Å². The van der Waals surface area contributed by atoms with Crippen molar-refractivity contribution in [2.24, 2.45) is 17.1 Å². The lowest BCUT2D eigenvalue weighted by Crippen LogP contribution is -2.54. The van der Waals surface area contributed by atoms with Crippen LogP contribution in [0.15, 0.2) is 18.2 Å². The van der Waals surface area contributed by atoms with Crippen LogP contribution in [0.4, 0.5) is 0 Å². The smallest absolute Gasteiger partial charge is 0.262 e. The van der Waals surface area contributed by atoms with Gasteiger partial charge in [0.05, 0.1) is 11.1 Å². The van der Waals surface area contributed by atoms with Crippen LogP contribution in [0.1, 0.15) is 65.8 Å². The predicted molar refractivity (Wildman–Crippen MR) is 114 cm³/mol.